The van der Waals surface area contributed by atoms with Crippen LogP contribution in [0.1, 0.15) is 59.2 Å². The molecule has 220 valence electrons. The molecular formula is C33H38N4O5. The van der Waals surface area contributed by atoms with E-state index in [9.17, 15) is 19.5 Å². The highest BCUT2D eigenvalue weighted by atomic mass is 16.5. The third-order valence-corrected chi connectivity index (χ3v) is 8.09. The van der Waals surface area contributed by atoms with E-state index in [0.29, 0.717) is 18.8 Å². The number of fused-ring (bicyclic) bond motifs is 1. The van der Waals surface area contributed by atoms with E-state index >= 15 is 0 Å². The zero-order chi connectivity index (χ0) is 29.8. The Kier molecular flexibility index (Phi) is 8.66. The molecule has 0 radical (unpaired) electrons. The SMILES string of the molecule is Cc1cc(C)c(NC(=O)Nc2cc(-c3ccc4c(c3)NCCO4)ccc2C(=O)N[C@H](C(=O)O)C2CCCCC2)c(C)c1. The number of urea groups is 1. The van der Waals surface area contributed by atoms with Gasteiger partial charge in [-0.15, -0.1) is 0 Å². The highest BCUT2D eigenvalue weighted by Gasteiger charge is 2.31. The molecule has 2 aliphatic rings. The number of rotatable bonds is 7. The van der Waals surface area contributed by atoms with Crippen molar-refractivity contribution in [2.75, 3.05) is 29.1 Å². The van der Waals surface area contributed by atoms with Crippen molar-refractivity contribution in [3.63, 3.8) is 0 Å². The minimum atomic E-state index is -1.05. The van der Waals surface area contributed by atoms with Crippen molar-refractivity contribution in [3.8, 4) is 16.9 Å². The fraction of sp³-hybridized carbons (Fsp3) is 0.364. The van der Waals surface area contributed by atoms with Crippen molar-refractivity contribution < 1.29 is 24.2 Å². The molecule has 3 aromatic rings. The monoisotopic (exact) mass is 570 g/mol. The average molecular weight is 571 g/mol. The van der Waals surface area contributed by atoms with Crippen molar-refractivity contribution in [2.24, 2.45) is 5.92 Å². The van der Waals surface area contributed by atoms with Gasteiger partial charge >= 0.3 is 12.0 Å². The normalized spacial score (nSPS) is 15.4. The molecule has 0 aromatic heterocycles. The lowest BCUT2D eigenvalue weighted by Gasteiger charge is -2.28. The molecule has 3 aromatic carbocycles. The van der Waals surface area contributed by atoms with Crippen LogP contribution in [0, 0.1) is 26.7 Å². The Morgan fingerprint density at radius 1 is 0.905 bits per heavy atom. The van der Waals surface area contributed by atoms with E-state index in [0.717, 1.165) is 71.4 Å². The van der Waals surface area contributed by atoms with Gasteiger partial charge in [0.25, 0.3) is 5.91 Å². The molecule has 0 unspecified atom stereocenters. The van der Waals surface area contributed by atoms with Crippen LogP contribution in [0.2, 0.25) is 0 Å². The van der Waals surface area contributed by atoms with Crippen molar-refractivity contribution in [2.45, 2.75) is 58.9 Å². The Hall–Kier alpha value is -4.53. The van der Waals surface area contributed by atoms with Crippen LogP contribution in [0.4, 0.5) is 21.9 Å². The first kappa shape index (κ1) is 29.0. The zero-order valence-electron chi connectivity index (χ0n) is 24.3. The number of hydrogen-bond donors (Lipinski definition) is 5. The molecule has 0 saturated heterocycles. The second-order valence-corrected chi connectivity index (χ2v) is 11.3. The standard InChI is InChI=1S/C33H38N4O5/c1-19-15-20(2)29(21(3)16-19)37-33(41)35-26-17-23(24-10-12-28-27(18-24)34-13-14-42-28)9-11-25(26)31(38)36-30(32(39)40)22-7-5-4-6-8-22/h9-12,15-18,22,30,34H,4-8,13-14H2,1-3H3,(H,36,38)(H,39,40)(H2,35,37,41)/t30-/m0/s1. The molecule has 1 aliphatic heterocycles. The average Bonchev–Trinajstić information content (AvgIpc) is 2.97. The number of carbonyl (C=O) groups is 3. The van der Waals surface area contributed by atoms with E-state index in [-0.39, 0.29) is 17.2 Å². The molecule has 1 atom stereocenters. The summed E-state index contributed by atoms with van der Waals surface area (Å²) in [5.41, 5.74) is 6.63. The van der Waals surface area contributed by atoms with Crippen LogP contribution in [-0.2, 0) is 4.79 Å². The Morgan fingerprint density at radius 2 is 1.60 bits per heavy atom. The molecular weight excluding hydrogens is 532 g/mol. The molecule has 42 heavy (non-hydrogen) atoms. The van der Waals surface area contributed by atoms with Gasteiger partial charge in [0.2, 0.25) is 0 Å². The summed E-state index contributed by atoms with van der Waals surface area (Å²) in [6.07, 6.45) is 4.49. The summed E-state index contributed by atoms with van der Waals surface area (Å²) in [6.45, 7) is 7.16. The number of carboxylic acid groups (broad SMARTS) is 1. The van der Waals surface area contributed by atoms with E-state index in [1.165, 1.54) is 0 Å². The molecule has 1 fully saturated rings. The molecule has 5 N–H and O–H groups in total. The number of anilines is 3. The molecule has 5 rings (SSSR count). The van der Waals surface area contributed by atoms with Crippen LogP contribution < -0.4 is 26.0 Å². The Bertz CT molecular complexity index is 1490. The predicted octanol–water partition coefficient (Wildman–Crippen LogP) is 6.49. The number of amides is 3. The molecule has 1 saturated carbocycles. The summed E-state index contributed by atoms with van der Waals surface area (Å²) in [7, 11) is 0. The molecule has 9 heteroatoms. The molecule has 0 spiro atoms. The van der Waals surface area contributed by atoms with Crippen LogP contribution in [0.3, 0.4) is 0 Å². The Morgan fingerprint density at radius 3 is 2.31 bits per heavy atom. The van der Waals surface area contributed by atoms with Gasteiger partial charge in [-0.25, -0.2) is 9.59 Å². The first-order valence-electron chi connectivity index (χ1n) is 14.5. The maximum absolute atomic E-state index is 13.6. The minimum absolute atomic E-state index is 0.128. The molecule has 3 amide bonds. The maximum atomic E-state index is 13.6. The summed E-state index contributed by atoms with van der Waals surface area (Å²) in [6, 6.07) is 13.4. The van der Waals surface area contributed by atoms with Gasteiger partial charge in [-0.2, -0.15) is 0 Å². The third-order valence-electron chi connectivity index (χ3n) is 8.09. The van der Waals surface area contributed by atoms with Gasteiger partial charge in [0.15, 0.2) is 0 Å². The van der Waals surface area contributed by atoms with Gasteiger partial charge in [0.05, 0.1) is 16.9 Å². The van der Waals surface area contributed by atoms with E-state index < -0.39 is 23.9 Å². The fourth-order valence-corrected chi connectivity index (χ4v) is 6.06. The van der Waals surface area contributed by atoms with E-state index in [4.69, 9.17) is 4.74 Å². The van der Waals surface area contributed by atoms with Gasteiger partial charge in [0.1, 0.15) is 18.4 Å². The molecule has 1 heterocycles. The van der Waals surface area contributed by atoms with Gasteiger partial charge in [0, 0.05) is 12.2 Å². The first-order valence-corrected chi connectivity index (χ1v) is 14.5. The van der Waals surface area contributed by atoms with Crippen LogP contribution >= 0.6 is 0 Å². The summed E-state index contributed by atoms with van der Waals surface area (Å²) < 4.78 is 5.70. The van der Waals surface area contributed by atoms with Gasteiger partial charge in [-0.3, -0.25) is 4.79 Å². The van der Waals surface area contributed by atoms with Gasteiger partial charge in [-0.1, -0.05) is 49.1 Å². The lowest BCUT2D eigenvalue weighted by atomic mass is 9.83. The van der Waals surface area contributed by atoms with Crippen molar-refractivity contribution in [1.82, 2.24) is 5.32 Å². The first-order chi connectivity index (χ1) is 20.2. The number of carboxylic acids is 1. The van der Waals surface area contributed by atoms with Crippen molar-refractivity contribution >= 4 is 35.0 Å². The number of benzene rings is 3. The number of nitrogens with one attached hydrogen (secondary N) is 4. The van der Waals surface area contributed by atoms with Crippen molar-refractivity contribution in [3.05, 3.63) is 70.8 Å². The Balaban J connectivity index is 1.46. The fourth-order valence-electron chi connectivity index (χ4n) is 6.06. The van der Waals surface area contributed by atoms with E-state index in [2.05, 4.69) is 21.3 Å². The number of ether oxygens (including phenoxy) is 1. The summed E-state index contributed by atoms with van der Waals surface area (Å²) in [5.74, 6) is -0.951. The van der Waals surface area contributed by atoms with Crippen LogP contribution in [0.15, 0.2) is 48.5 Å². The third kappa shape index (κ3) is 6.51. The topological polar surface area (TPSA) is 129 Å². The quantitative estimate of drug-likeness (QED) is 0.221. The van der Waals surface area contributed by atoms with Crippen LogP contribution in [0.5, 0.6) is 5.75 Å². The smallest absolute Gasteiger partial charge is 0.326 e. The number of carbonyl (C=O) groups excluding carboxylic acids is 2. The van der Waals surface area contributed by atoms with Crippen molar-refractivity contribution in [1.29, 1.82) is 0 Å². The number of aryl methyl sites for hydroxylation is 3. The lowest BCUT2D eigenvalue weighted by Crippen LogP contribution is -2.46. The number of hydrogen-bond acceptors (Lipinski definition) is 5. The molecule has 9 nitrogen and oxygen atoms in total. The Labute approximate surface area is 246 Å². The summed E-state index contributed by atoms with van der Waals surface area (Å²) >= 11 is 0. The van der Waals surface area contributed by atoms with Crippen LogP contribution in [-0.4, -0.2) is 42.2 Å². The van der Waals surface area contributed by atoms with E-state index in [1.54, 1.807) is 18.2 Å². The van der Waals surface area contributed by atoms with Gasteiger partial charge < -0.3 is 31.1 Å². The maximum Gasteiger partial charge on any atom is 0.326 e. The zero-order valence-corrected chi connectivity index (χ0v) is 24.3. The van der Waals surface area contributed by atoms with Crippen LogP contribution in [0.25, 0.3) is 11.1 Å². The van der Waals surface area contributed by atoms with Gasteiger partial charge in [-0.05, 0) is 86.1 Å². The summed E-state index contributed by atoms with van der Waals surface area (Å²) in [5, 5.41) is 21.8. The second-order valence-electron chi connectivity index (χ2n) is 11.3. The summed E-state index contributed by atoms with van der Waals surface area (Å²) in [4.78, 5) is 39.0. The predicted molar refractivity (Wildman–Crippen MR) is 165 cm³/mol. The van der Waals surface area contributed by atoms with E-state index in [1.807, 2.05) is 51.1 Å². The highest BCUT2D eigenvalue weighted by Crippen LogP contribution is 2.34. The highest BCUT2D eigenvalue weighted by molar-refractivity contribution is 6.08. The number of aliphatic carboxylic acids is 1. The molecule has 0 bridgehead atoms. The molecule has 1 aliphatic carbocycles. The second kappa shape index (κ2) is 12.5. The minimum Gasteiger partial charge on any atom is -0.490 e. The lowest BCUT2D eigenvalue weighted by molar-refractivity contribution is -0.141. The largest absolute Gasteiger partial charge is 0.490 e.